The van der Waals surface area contributed by atoms with Gasteiger partial charge in [-0.2, -0.15) is 0 Å². The number of fused-ring (bicyclic) bond motifs is 6. The molecule has 1 aliphatic carbocycles. The van der Waals surface area contributed by atoms with Gasteiger partial charge in [-0.25, -0.2) is 0 Å². The summed E-state index contributed by atoms with van der Waals surface area (Å²) in [7, 11) is 0. The van der Waals surface area contributed by atoms with E-state index in [0.29, 0.717) is 0 Å². The minimum atomic E-state index is 0.0617. The van der Waals surface area contributed by atoms with Crippen molar-refractivity contribution >= 4 is 44.7 Å². The van der Waals surface area contributed by atoms with E-state index in [0.717, 1.165) is 29.9 Å². The number of hydrogen-bond donors (Lipinski definition) is 0. The monoisotopic (exact) mass is 813 g/mol. The van der Waals surface area contributed by atoms with Crippen molar-refractivity contribution in [3.05, 3.63) is 216 Å². The average Bonchev–Trinajstić information content (AvgIpc) is 3.32. The smallest absolute Gasteiger partial charge is 0.0468 e. The Morgan fingerprint density at radius 3 is 1.43 bits per heavy atom. The van der Waals surface area contributed by atoms with Crippen LogP contribution in [-0.2, 0) is 17.3 Å². The van der Waals surface area contributed by atoms with E-state index in [1.54, 1.807) is 0 Å². The van der Waals surface area contributed by atoms with Gasteiger partial charge in [-0.15, -0.1) is 0 Å². The summed E-state index contributed by atoms with van der Waals surface area (Å²) in [6, 6.07) is 70.1. The van der Waals surface area contributed by atoms with E-state index in [1.165, 1.54) is 88.3 Å². The standard InChI is InChI=1S/C62H55N/c1-61(2,3)47-30-34-49(35-31-47)63(50-36-32-48(33-37-50)62(4,5)6)51-38-39-54-57(40-51)52-24-16-17-25-53(52)59-56(44-20-12-8-13-21-44)41-55(58(60(54)59)46-22-14-9-15-23-46)45-28-26-43(27-29-45)42-18-10-7-11-19-42/h7-15,17-23,25-41H,16,24H2,1-6H3. The lowest BCUT2D eigenvalue weighted by Gasteiger charge is -2.29. The third-order valence-corrected chi connectivity index (χ3v) is 13.1. The minimum absolute atomic E-state index is 0.0617. The van der Waals surface area contributed by atoms with E-state index in [9.17, 15) is 0 Å². The second-order valence-electron chi connectivity index (χ2n) is 19.3. The molecule has 63 heavy (non-hydrogen) atoms. The van der Waals surface area contributed by atoms with E-state index in [4.69, 9.17) is 0 Å². The molecular formula is C62H55N. The lowest BCUT2D eigenvalue weighted by atomic mass is 9.78. The highest BCUT2D eigenvalue weighted by Crippen LogP contribution is 2.51. The molecule has 308 valence electrons. The van der Waals surface area contributed by atoms with E-state index in [2.05, 4.69) is 247 Å². The number of rotatable bonds is 7. The molecular weight excluding hydrogens is 759 g/mol. The number of aryl methyl sites for hydroxylation is 1. The fourth-order valence-corrected chi connectivity index (χ4v) is 9.67. The Labute approximate surface area is 374 Å². The van der Waals surface area contributed by atoms with Crippen LogP contribution in [0.3, 0.4) is 0 Å². The summed E-state index contributed by atoms with van der Waals surface area (Å²) in [6.07, 6.45) is 6.80. The molecule has 0 saturated heterocycles. The van der Waals surface area contributed by atoms with Crippen LogP contribution in [0.25, 0.3) is 72.1 Å². The number of allylic oxidation sites excluding steroid dienone is 1. The summed E-state index contributed by atoms with van der Waals surface area (Å²) in [6.45, 7) is 13.7. The lowest BCUT2D eigenvalue weighted by molar-refractivity contribution is 0.590. The Balaban J connectivity index is 1.28. The molecule has 1 heteroatoms. The topological polar surface area (TPSA) is 3.24 Å². The molecule has 0 amide bonds. The average molecular weight is 814 g/mol. The van der Waals surface area contributed by atoms with Gasteiger partial charge in [0.2, 0.25) is 0 Å². The van der Waals surface area contributed by atoms with Gasteiger partial charge in [0, 0.05) is 17.1 Å². The zero-order valence-corrected chi connectivity index (χ0v) is 37.4. The van der Waals surface area contributed by atoms with Crippen molar-refractivity contribution in [2.24, 2.45) is 0 Å². The van der Waals surface area contributed by atoms with Crippen LogP contribution in [-0.4, -0.2) is 0 Å². The molecule has 0 atom stereocenters. The predicted octanol–water partition coefficient (Wildman–Crippen LogP) is 17.7. The number of hydrogen-bond acceptors (Lipinski definition) is 1. The molecule has 1 aliphatic rings. The summed E-state index contributed by atoms with van der Waals surface area (Å²) in [5.41, 5.74) is 18.8. The molecule has 9 aromatic rings. The van der Waals surface area contributed by atoms with Crippen LogP contribution in [0.15, 0.2) is 194 Å². The first-order chi connectivity index (χ1) is 30.5. The van der Waals surface area contributed by atoms with E-state index in [1.807, 2.05) is 0 Å². The summed E-state index contributed by atoms with van der Waals surface area (Å²) in [5.74, 6) is 0. The molecule has 0 fully saturated rings. The minimum Gasteiger partial charge on any atom is -0.310 e. The Kier molecular flexibility index (Phi) is 10.2. The van der Waals surface area contributed by atoms with Gasteiger partial charge in [0.25, 0.3) is 0 Å². The maximum atomic E-state index is 2.49. The van der Waals surface area contributed by atoms with E-state index < -0.39 is 0 Å². The van der Waals surface area contributed by atoms with Gasteiger partial charge in [-0.05, 0) is 154 Å². The van der Waals surface area contributed by atoms with Crippen LogP contribution in [0.5, 0.6) is 0 Å². The second-order valence-corrected chi connectivity index (χ2v) is 19.3. The highest BCUT2D eigenvalue weighted by atomic mass is 15.1. The van der Waals surface area contributed by atoms with Crippen molar-refractivity contribution in [1.82, 2.24) is 0 Å². The lowest BCUT2D eigenvalue weighted by Crippen LogP contribution is -2.14. The second kappa shape index (κ2) is 16.1. The fraction of sp³-hybridized carbons (Fsp3) is 0.161. The van der Waals surface area contributed by atoms with Crippen LogP contribution in [0.2, 0.25) is 0 Å². The molecule has 0 spiro atoms. The third-order valence-electron chi connectivity index (χ3n) is 13.1. The van der Waals surface area contributed by atoms with Crippen LogP contribution in [0.4, 0.5) is 17.1 Å². The van der Waals surface area contributed by atoms with Crippen molar-refractivity contribution in [2.45, 2.75) is 65.2 Å². The largest absolute Gasteiger partial charge is 0.310 e. The predicted molar refractivity (Wildman–Crippen MR) is 273 cm³/mol. The van der Waals surface area contributed by atoms with Crippen molar-refractivity contribution < 1.29 is 0 Å². The molecule has 0 unspecified atom stereocenters. The Bertz CT molecular complexity index is 3050. The van der Waals surface area contributed by atoms with Crippen molar-refractivity contribution in [2.75, 3.05) is 4.90 Å². The van der Waals surface area contributed by atoms with E-state index in [-0.39, 0.29) is 10.8 Å². The molecule has 0 bridgehead atoms. The molecule has 0 aliphatic heterocycles. The highest BCUT2D eigenvalue weighted by molar-refractivity contribution is 6.25. The first kappa shape index (κ1) is 40.1. The summed E-state index contributed by atoms with van der Waals surface area (Å²) in [5, 5.41) is 5.22. The fourth-order valence-electron chi connectivity index (χ4n) is 9.67. The van der Waals surface area contributed by atoms with Gasteiger partial charge >= 0.3 is 0 Å². The summed E-state index contributed by atoms with van der Waals surface area (Å²) >= 11 is 0. The van der Waals surface area contributed by atoms with Crippen molar-refractivity contribution in [3.8, 4) is 44.5 Å². The molecule has 0 N–H and O–H groups in total. The van der Waals surface area contributed by atoms with Crippen LogP contribution in [0.1, 0.15) is 70.2 Å². The zero-order chi connectivity index (χ0) is 43.3. The molecule has 0 saturated carbocycles. The molecule has 0 radical (unpaired) electrons. The Morgan fingerprint density at radius 1 is 0.397 bits per heavy atom. The number of benzene rings is 9. The third kappa shape index (κ3) is 7.57. The Morgan fingerprint density at radius 2 is 0.873 bits per heavy atom. The van der Waals surface area contributed by atoms with Gasteiger partial charge < -0.3 is 4.90 Å². The summed E-state index contributed by atoms with van der Waals surface area (Å²) < 4.78 is 0. The maximum absolute atomic E-state index is 2.49. The summed E-state index contributed by atoms with van der Waals surface area (Å²) in [4.78, 5) is 2.45. The highest BCUT2D eigenvalue weighted by Gasteiger charge is 2.26. The van der Waals surface area contributed by atoms with Gasteiger partial charge in [-0.3, -0.25) is 0 Å². The van der Waals surface area contributed by atoms with Crippen LogP contribution >= 0.6 is 0 Å². The maximum Gasteiger partial charge on any atom is 0.0468 e. The zero-order valence-electron chi connectivity index (χ0n) is 37.4. The van der Waals surface area contributed by atoms with E-state index >= 15 is 0 Å². The molecule has 10 rings (SSSR count). The number of anilines is 3. The van der Waals surface area contributed by atoms with Gasteiger partial charge in [-0.1, -0.05) is 199 Å². The molecule has 0 heterocycles. The molecule has 1 nitrogen and oxygen atoms in total. The number of nitrogens with zero attached hydrogens (tertiary/aromatic N) is 1. The van der Waals surface area contributed by atoms with Gasteiger partial charge in [0.05, 0.1) is 0 Å². The first-order valence-corrected chi connectivity index (χ1v) is 22.6. The van der Waals surface area contributed by atoms with Gasteiger partial charge in [0.1, 0.15) is 0 Å². The van der Waals surface area contributed by atoms with Crippen LogP contribution in [0, 0.1) is 0 Å². The molecule has 9 aromatic carbocycles. The van der Waals surface area contributed by atoms with Crippen LogP contribution < -0.4 is 4.90 Å². The Hall–Kier alpha value is -6.96. The van der Waals surface area contributed by atoms with Gasteiger partial charge in [0.15, 0.2) is 0 Å². The molecule has 0 aromatic heterocycles. The van der Waals surface area contributed by atoms with Crippen molar-refractivity contribution in [3.63, 3.8) is 0 Å². The quantitative estimate of drug-likeness (QED) is 0.145. The normalized spacial score (nSPS) is 12.7. The SMILES string of the molecule is CC(C)(C)c1ccc(N(c2ccc(C(C)(C)C)cc2)c2ccc3c(c2)c2c(c4c(-c5ccccc5)cc(-c5ccc(-c6ccccc6)cc5)c(-c5ccccc5)c43)C=CCC2)cc1. The first-order valence-electron chi connectivity index (χ1n) is 22.6. The van der Waals surface area contributed by atoms with Crippen molar-refractivity contribution in [1.29, 1.82) is 0 Å².